The maximum Gasteiger partial charge on any atom is 0.136 e. The molecular formula is C59H35N3O. The molecule has 4 nitrogen and oxygen atoms in total. The quantitative estimate of drug-likeness (QED) is 0.178. The van der Waals surface area contributed by atoms with Gasteiger partial charge in [-0.05, 0) is 118 Å². The molecule has 4 aromatic heterocycles. The largest absolute Gasteiger partial charge is 0.456 e. The molecule has 0 amide bonds. The van der Waals surface area contributed by atoms with Crippen molar-refractivity contribution in [2.24, 2.45) is 0 Å². The van der Waals surface area contributed by atoms with E-state index in [9.17, 15) is 0 Å². The number of benzene rings is 10. The van der Waals surface area contributed by atoms with Gasteiger partial charge in [-0.15, -0.1) is 0 Å². The van der Waals surface area contributed by atoms with E-state index < -0.39 is 0 Å². The van der Waals surface area contributed by atoms with Crippen LogP contribution in [0.5, 0.6) is 0 Å². The van der Waals surface area contributed by atoms with Gasteiger partial charge in [-0.25, -0.2) is 4.98 Å². The van der Waals surface area contributed by atoms with Crippen LogP contribution in [0.2, 0.25) is 0 Å². The minimum atomic E-state index is 0.861. The van der Waals surface area contributed by atoms with E-state index in [2.05, 4.69) is 209 Å². The molecule has 10 aromatic carbocycles. The smallest absolute Gasteiger partial charge is 0.136 e. The Morgan fingerprint density at radius 3 is 1.65 bits per heavy atom. The Hall–Kier alpha value is -8.47. The normalized spacial score (nSPS) is 12.1. The van der Waals surface area contributed by atoms with Crippen LogP contribution in [-0.4, -0.2) is 14.1 Å². The van der Waals surface area contributed by atoms with E-state index in [1.165, 1.54) is 59.8 Å². The van der Waals surface area contributed by atoms with E-state index in [0.29, 0.717) is 0 Å². The van der Waals surface area contributed by atoms with Crippen LogP contribution in [0.15, 0.2) is 217 Å². The lowest BCUT2D eigenvalue weighted by Crippen LogP contribution is -1.95. The molecule has 0 atom stereocenters. The molecule has 0 unspecified atom stereocenters. The molecule has 0 fully saturated rings. The van der Waals surface area contributed by atoms with Crippen LogP contribution < -0.4 is 0 Å². The number of hydrogen-bond donors (Lipinski definition) is 0. The van der Waals surface area contributed by atoms with Gasteiger partial charge in [-0.2, -0.15) is 0 Å². The molecule has 0 spiro atoms. The van der Waals surface area contributed by atoms with E-state index >= 15 is 0 Å². The minimum absolute atomic E-state index is 0.861. The van der Waals surface area contributed by atoms with Crippen LogP contribution in [0.1, 0.15) is 0 Å². The van der Waals surface area contributed by atoms with Crippen LogP contribution in [-0.2, 0) is 0 Å². The van der Waals surface area contributed by atoms with Gasteiger partial charge in [0.15, 0.2) is 0 Å². The van der Waals surface area contributed by atoms with Crippen molar-refractivity contribution in [1.29, 1.82) is 0 Å². The van der Waals surface area contributed by atoms with Gasteiger partial charge in [0.25, 0.3) is 0 Å². The van der Waals surface area contributed by atoms with E-state index in [-0.39, 0.29) is 0 Å². The van der Waals surface area contributed by atoms with Crippen molar-refractivity contribution in [2.75, 3.05) is 0 Å². The van der Waals surface area contributed by atoms with Gasteiger partial charge in [-0.3, -0.25) is 0 Å². The summed E-state index contributed by atoms with van der Waals surface area (Å²) in [5.74, 6) is 0. The summed E-state index contributed by atoms with van der Waals surface area (Å²) in [6.07, 6.45) is 0. The van der Waals surface area contributed by atoms with Crippen molar-refractivity contribution in [3.05, 3.63) is 212 Å². The molecule has 14 aromatic rings. The third-order valence-corrected chi connectivity index (χ3v) is 13.2. The van der Waals surface area contributed by atoms with Gasteiger partial charge in [-0.1, -0.05) is 121 Å². The maximum atomic E-state index is 6.36. The third-order valence-electron chi connectivity index (χ3n) is 13.2. The number of nitrogens with zero attached hydrogens (tertiary/aromatic N) is 3. The van der Waals surface area contributed by atoms with Crippen molar-refractivity contribution in [3.8, 4) is 33.8 Å². The molecule has 0 saturated heterocycles. The molecule has 0 bridgehead atoms. The number of fused-ring (bicyclic) bond motifs is 12. The molecule has 0 N–H and O–H groups in total. The van der Waals surface area contributed by atoms with Gasteiger partial charge in [0.05, 0.1) is 33.3 Å². The lowest BCUT2D eigenvalue weighted by Gasteiger charge is -2.14. The molecule has 63 heavy (non-hydrogen) atoms. The van der Waals surface area contributed by atoms with E-state index in [1.54, 1.807) is 0 Å². The summed E-state index contributed by atoms with van der Waals surface area (Å²) in [7, 11) is 0. The SMILES string of the molecule is c1ccc2nc(-c3ccc4c(c3)oc3ccccc34)c(-c3ccc4ccc(-n5c6ccccc6c6cc7ccc(-n8c9ccccc9c9ccccc98)cc7cc65)cc4c3)cc2c1. The first-order valence-corrected chi connectivity index (χ1v) is 21.5. The van der Waals surface area contributed by atoms with Crippen molar-refractivity contribution < 1.29 is 4.42 Å². The monoisotopic (exact) mass is 801 g/mol. The zero-order valence-electron chi connectivity index (χ0n) is 34.0. The number of rotatable bonds is 4. The van der Waals surface area contributed by atoms with Gasteiger partial charge in [0.1, 0.15) is 11.2 Å². The highest BCUT2D eigenvalue weighted by Crippen LogP contribution is 2.41. The van der Waals surface area contributed by atoms with E-state index in [1.807, 2.05) is 12.1 Å². The Bertz CT molecular complexity index is 4170. The highest BCUT2D eigenvalue weighted by Gasteiger charge is 2.18. The molecular weight excluding hydrogens is 767 g/mol. The van der Waals surface area contributed by atoms with Crippen molar-refractivity contribution >= 4 is 98.0 Å². The number of aromatic nitrogens is 3. The van der Waals surface area contributed by atoms with Crippen molar-refractivity contribution in [3.63, 3.8) is 0 Å². The third kappa shape index (κ3) is 5.13. The predicted octanol–water partition coefficient (Wildman–Crippen LogP) is 16.0. The lowest BCUT2D eigenvalue weighted by molar-refractivity contribution is 0.669. The molecule has 0 radical (unpaired) electrons. The zero-order chi connectivity index (χ0) is 41.2. The fraction of sp³-hybridized carbons (Fsp3) is 0. The molecule has 0 aliphatic heterocycles. The second kappa shape index (κ2) is 13.0. The van der Waals surface area contributed by atoms with Crippen molar-refractivity contribution in [2.45, 2.75) is 0 Å². The Morgan fingerprint density at radius 2 is 0.889 bits per heavy atom. The number of pyridine rings is 1. The summed E-state index contributed by atoms with van der Waals surface area (Å²) in [5.41, 5.74) is 13.9. The average molecular weight is 802 g/mol. The maximum absolute atomic E-state index is 6.36. The standard InChI is InChI=1S/C59H35N3O/c1-6-16-52-39(11-1)33-50(59(60-52)40-25-28-49-48-15-5-10-20-57(48)63-58(49)35-40)38-22-21-36-23-26-44(30-41(36)29-38)62-55-19-9-4-14-47(55)51-32-37-24-27-43(31-42(37)34-56(51)62)61-53-17-7-2-12-45(53)46-13-3-8-18-54(46)61/h1-35H. The molecule has 0 aliphatic rings. The first kappa shape index (κ1) is 34.3. The van der Waals surface area contributed by atoms with Crippen LogP contribution in [0.4, 0.5) is 0 Å². The Morgan fingerprint density at radius 1 is 0.317 bits per heavy atom. The van der Waals surface area contributed by atoms with Gasteiger partial charge in [0, 0.05) is 60.2 Å². The number of furan rings is 1. The second-order valence-corrected chi connectivity index (χ2v) is 16.8. The Kier molecular flexibility index (Phi) is 7.08. The van der Waals surface area contributed by atoms with Crippen LogP contribution in [0.25, 0.3) is 132 Å². The highest BCUT2D eigenvalue weighted by molar-refractivity contribution is 6.15. The van der Waals surface area contributed by atoms with E-state index in [0.717, 1.165) is 72.0 Å². The van der Waals surface area contributed by atoms with Gasteiger partial charge in [0.2, 0.25) is 0 Å². The summed E-state index contributed by atoms with van der Waals surface area (Å²) in [6.45, 7) is 0. The van der Waals surface area contributed by atoms with Crippen LogP contribution in [0.3, 0.4) is 0 Å². The van der Waals surface area contributed by atoms with Gasteiger partial charge < -0.3 is 13.6 Å². The minimum Gasteiger partial charge on any atom is -0.456 e. The first-order chi connectivity index (χ1) is 31.2. The Labute approximate surface area is 361 Å². The molecule has 4 heteroatoms. The fourth-order valence-electron chi connectivity index (χ4n) is 10.3. The van der Waals surface area contributed by atoms with Crippen molar-refractivity contribution in [1.82, 2.24) is 14.1 Å². The number of para-hydroxylation sites is 5. The topological polar surface area (TPSA) is 35.9 Å². The van der Waals surface area contributed by atoms with Gasteiger partial charge >= 0.3 is 0 Å². The summed E-state index contributed by atoms with van der Waals surface area (Å²) < 4.78 is 11.2. The first-order valence-electron chi connectivity index (χ1n) is 21.5. The second-order valence-electron chi connectivity index (χ2n) is 16.8. The zero-order valence-corrected chi connectivity index (χ0v) is 34.0. The molecule has 0 aliphatic carbocycles. The molecule has 292 valence electrons. The van der Waals surface area contributed by atoms with Crippen LogP contribution >= 0.6 is 0 Å². The lowest BCUT2D eigenvalue weighted by atomic mass is 9.95. The Balaban J connectivity index is 0.944. The number of hydrogen-bond acceptors (Lipinski definition) is 2. The average Bonchev–Trinajstić information content (AvgIpc) is 3.99. The fourth-order valence-corrected chi connectivity index (χ4v) is 10.3. The summed E-state index contributed by atoms with van der Waals surface area (Å²) in [5, 5.41) is 13.1. The summed E-state index contributed by atoms with van der Waals surface area (Å²) in [4.78, 5) is 5.32. The highest BCUT2D eigenvalue weighted by atomic mass is 16.3. The summed E-state index contributed by atoms with van der Waals surface area (Å²) in [6, 6.07) is 76.9. The molecule has 0 saturated carbocycles. The molecule has 4 heterocycles. The van der Waals surface area contributed by atoms with Crippen LogP contribution in [0, 0.1) is 0 Å². The summed E-state index contributed by atoms with van der Waals surface area (Å²) >= 11 is 0. The predicted molar refractivity (Wildman–Crippen MR) is 264 cm³/mol. The molecule has 14 rings (SSSR count). The van der Waals surface area contributed by atoms with E-state index in [4.69, 9.17) is 9.40 Å².